The summed E-state index contributed by atoms with van der Waals surface area (Å²) in [6.45, 7) is 3.53. The van der Waals surface area contributed by atoms with Gasteiger partial charge >= 0.3 is 6.09 Å². The fourth-order valence-corrected chi connectivity index (χ4v) is 3.57. The number of alkyl halides is 2. The lowest BCUT2D eigenvalue weighted by Crippen LogP contribution is -2.56. The minimum Gasteiger partial charge on any atom is -0.445 e. The van der Waals surface area contributed by atoms with Crippen molar-refractivity contribution in [3.63, 3.8) is 0 Å². The zero-order chi connectivity index (χ0) is 28.1. The van der Waals surface area contributed by atoms with Crippen LogP contribution in [-0.2, 0) is 32.1 Å². The first kappa shape index (κ1) is 30.3. The first-order valence-corrected chi connectivity index (χ1v) is 12.1. The molecule has 3 N–H and O–H groups in total. The van der Waals surface area contributed by atoms with Gasteiger partial charge in [0.1, 0.15) is 30.8 Å². The minimum absolute atomic E-state index is 0.0485. The molecule has 11 heteroatoms. The molecule has 0 spiro atoms. The van der Waals surface area contributed by atoms with Gasteiger partial charge in [-0.05, 0) is 35.6 Å². The Morgan fingerprint density at radius 2 is 1.47 bits per heavy atom. The van der Waals surface area contributed by atoms with Crippen molar-refractivity contribution in [3.05, 3.63) is 71.5 Å². The maximum Gasteiger partial charge on any atom is 0.408 e. The molecule has 3 amide bonds. The van der Waals surface area contributed by atoms with Crippen LogP contribution in [0.4, 0.5) is 18.0 Å². The van der Waals surface area contributed by atoms with E-state index in [0.717, 1.165) is 5.56 Å². The first-order valence-electron chi connectivity index (χ1n) is 12.1. The van der Waals surface area contributed by atoms with Crippen LogP contribution < -0.4 is 16.0 Å². The van der Waals surface area contributed by atoms with E-state index in [2.05, 4.69) is 16.0 Å². The number of carbonyl (C=O) groups excluding carboxylic acids is 4. The van der Waals surface area contributed by atoms with E-state index in [1.165, 1.54) is 24.3 Å². The van der Waals surface area contributed by atoms with Gasteiger partial charge in [-0.15, -0.1) is 0 Å². The van der Waals surface area contributed by atoms with Crippen molar-refractivity contribution in [2.24, 2.45) is 5.92 Å². The molecule has 0 radical (unpaired) electrons. The molecule has 0 aliphatic heterocycles. The van der Waals surface area contributed by atoms with Gasteiger partial charge in [0.25, 0.3) is 0 Å². The summed E-state index contributed by atoms with van der Waals surface area (Å²) in [4.78, 5) is 49.6. The maximum absolute atomic E-state index is 13.4. The molecule has 0 heterocycles. The molecule has 1 unspecified atom stereocenters. The molecule has 0 fully saturated rings. The van der Waals surface area contributed by atoms with Crippen molar-refractivity contribution in [1.29, 1.82) is 0 Å². The van der Waals surface area contributed by atoms with Crippen molar-refractivity contribution in [2.45, 2.75) is 64.3 Å². The van der Waals surface area contributed by atoms with Crippen LogP contribution >= 0.6 is 0 Å². The van der Waals surface area contributed by atoms with Crippen LogP contribution in [0.2, 0.25) is 0 Å². The Bertz CT molecular complexity index is 1050. The molecule has 2 aromatic carbocycles. The first-order chi connectivity index (χ1) is 18.1. The Morgan fingerprint density at radius 3 is 2.05 bits per heavy atom. The van der Waals surface area contributed by atoms with Crippen LogP contribution in [0.15, 0.2) is 54.6 Å². The number of ether oxygens (including phenoxy) is 1. The second-order valence-electron chi connectivity index (χ2n) is 9.16. The predicted molar refractivity (Wildman–Crippen MR) is 134 cm³/mol. The highest BCUT2D eigenvalue weighted by atomic mass is 19.3. The number of halogens is 3. The molecule has 38 heavy (non-hydrogen) atoms. The highest BCUT2D eigenvalue weighted by Crippen LogP contribution is 2.11. The predicted octanol–water partition coefficient (Wildman–Crippen LogP) is 3.53. The number of carbonyl (C=O) groups is 4. The molecule has 0 saturated carbocycles. The monoisotopic (exact) mass is 535 g/mol. The van der Waals surface area contributed by atoms with Gasteiger partial charge in [-0.1, -0.05) is 56.3 Å². The number of benzene rings is 2. The molecular formula is C27H32F3N3O5. The van der Waals surface area contributed by atoms with Gasteiger partial charge in [-0.3, -0.25) is 9.59 Å². The summed E-state index contributed by atoms with van der Waals surface area (Å²) in [5.74, 6) is -2.12. The summed E-state index contributed by atoms with van der Waals surface area (Å²) >= 11 is 0. The van der Waals surface area contributed by atoms with Crippen molar-refractivity contribution < 1.29 is 37.1 Å². The van der Waals surface area contributed by atoms with Crippen LogP contribution in [0, 0.1) is 11.7 Å². The van der Waals surface area contributed by atoms with Crippen molar-refractivity contribution >= 4 is 24.2 Å². The van der Waals surface area contributed by atoms with Crippen LogP contribution in [0.1, 0.15) is 37.8 Å². The lowest BCUT2D eigenvalue weighted by molar-refractivity contribution is -0.131. The van der Waals surface area contributed by atoms with Gasteiger partial charge < -0.3 is 25.5 Å². The third kappa shape index (κ3) is 11.0. The Balaban J connectivity index is 2.16. The van der Waals surface area contributed by atoms with E-state index in [9.17, 15) is 32.3 Å². The molecule has 206 valence electrons. The van der Waals surface area contributed by atoms with E-state index in [0.29, 0.717) is 5.56 Å². The normalized spacial score (nSPS) is 13.3. The lowest BCUT2D eigenvalue weighted by atomic mass is 10.0. The Morgan fingerprint density at radius 1 is 0.842 bits per heavy atom. The zero-order valence-electron chi connectivity index (χ0n) is 21.2. The standard InChI is InChI=1S/C27H32F3N3O5/c1-17(2)12-22(25(35)31-21(15-34)14-24(29)30)32-26(36)23(13-18-8-10-20(28)11-9-18)33-27(37)38-16-19-6-4-3-5-7-19/h3-11,15,17,21-24H,12-14,16H2,1-2H3,(H,31,35)(H,32,36)(H,33,37)/t21?,22-,23-/m0/s1. The van der Waals surface area contributed by atoms with E-state index in [1.807, 2.05) is 0 Å². The Kier molecular flexibility index (Phi) is 12.3. The van der Waals surface area contributed by atoms with Crippen LogP contribution in [-0.4, -0.2) is 48.7 Å². The highest BCUT2D eigenvalue weighted by molar-refractivity contribution is 5.92. The second kappa shape index (κ2) is 15.4. The number of hydrogen-bond donors (Lipinski definition) is 3. The number of alkyl carbamates (subject to hydrolysis) is 1. The Labute approximate surface area is 219 Å². The third-order valence-electron chi connectivity index (χ3n) is 5.44. The summed E-state index contributed by atoms with van der Waals surface area (Å²) in [6.07, 6.45) is -4.27. The zero-order valence-corrected chi connectivity index (χ0v) is 21.2. The minimum atomic E-state index is -2.81. The van der Waals surface area contributed by atoms with Crippen molar-refractivity contribution in [2.75, 3.05) is 0 Å². The molecule has 2 aromatic rings. The number of rotatable bonds is 14. The number of aldehydes is 1. The second-order valence-corrected chi connectivity index (χ2v) is 9.16. The average Bonchev–Trinajstić information content (AvgIpc) is 2.87. The molecule has 0 saturated heterocycles. The van der Waals surface area contributed by atoms with Crippen molar-refractivity contribution in [3.8, 4) is 0 Å². The van der Waals surface area contributed by atoms with Gasteiger partial charge in [0.05, 0.1) is 6.04 Å². The van der Waals surface area contributed by atoms with Crippen molar-refractivity contribution in [1.82, 2.24) is 16.0 Å². The summed E-state index contributed by atoms with van der Waals surface area (Å²) < 4.78 is 44.0. The SMILES string of the molecule is CC(C)C[C@H](NC(=O)[C@H](Cc1ccc(F)cc1)NC(=O)OCc1ccccc1)C(=O)NC(C=O)CC(F)F. The largest absolute Gasteiger partial charge is 0.445 e. The topological polar surface area (TPSA) is 114 Å². The van der Waals surface area contributed by atoms with E-state index < -0.39 is 54.7 Å². The number of hydrogen-bond acceptors (Lipinski definition) is 5. The van der Waals surface area contributed by atoms with Gasteiger partial charge in [0.2, 0.25) is 18.2 Å². The quantitative estimate of drug-likeness (QED) is 0.321. The molecule has 0 aromatic heterocycles. The van der Waals surface area contributed by atoms with Gasteiger partial charge in [-0.2, -0.15) is 0 Å². The molecule has 2 rings (SSSR count). The van der Waals surface area contributed by atoms with Crippen LogP contribution in [0.3, 0.4) is 0 Å². The fraction of sp³-hybridized carbons (Fsp3) is 0.407. The summed E-state index contributed by atoms with van der Waals surface area (Å²) in [5, 5.41) is 7.24. The van der Waals surface area contributed by atoms with E-state index in [-0.39, 0.29) is 31.7 Å². The molecule has 8 nitrogen and oxygen atoms in total. The van der Waals surface area contributed by atoms with Gasteiger partial charge in [0.15, 0.2) is 0 Å². The number of nitrogens with one attached hydrogen (secondary N) is 3. The summed E-state index contributed by atoms with van der Waals surface area (Å²) in [7, 11) is 0. The van der Waals surface area contributed by atoms with Gasteiger partial charge in [0, 0.05) is 12.8 Å². The van der Waals surface area contributed by atoms with Gasteiger partial charge in [-0.25, -0.2) is 18.0 Å². The van der Waals surface area contributed by atoms with Crippen LogP contribution in [0.25, 0.3) is 0 Å². The molecule has 0 aliphatic carbocycles. The highest BCUT2D eigenvalue weighted by Gasteiger charge is 2.29. The summed E-state index contributed by atoms with van der Waals surface area (Å²) in [6, 6.07) is 10.4. The summed E-state index contributed by atoms with van der Waals surface area (Å²) in [5.41, 5.74) is 1.25. The molecular weight excluding hydrogens is 503 g/mol. The Hall–Kier alpha value is -3.89. The van der Waals surface area contributed by atoms with E-state index >= 15 is 0 Å². The molecule has 0 aliphatic rings. The van der Waals surface area contributed by atoms with E-state index in [4.69, 9.17) is 4.74 Å². The third-order valence-corrected chi connectivity index (χ3v) is 5.44. The average molecular weight is 536 g/mol. The maximum atomic E-state index is 13.4. The van der Waals surface area contributed by atoms with Crippen LogP contribution in [0.5, 0.6) is 0 Å². The lowest BCUT2D eigenvalue weighted by Gasteiger charge is -2.25. The van der Waals surface area contributed by atoms with E-state index in [1.54, 1.807) is 44.2 Å². The number of amides is 3. The molecule has 3 atom stereocenters. The fourth-order valence-electron chi connectivity index (χ4n) is 3.57. The smallest absolute Gasteiger partial charge is 0.408 e. The molecule has 0 bridgehead atoms.